The minimum Gasteiger partial charge on any atom is -0.342 e. The summed E-state index contributed by atoms with van der Waals surface area (Å²) in [5.74, 6) is -0.0474. The van der Waals surface area contributed by atoms with Crippen LogP contribution in [-0.4, -0.2) is 46.2 Å². The quantitative estimate of drug-likeness (QED) is 0.814. The molecule has 2 fully saturated rings. The number of carbonyl (C=O) groups is 2. The molecule has 5 nitrogen and oxygen atoms in total. The van der Waals surface area contributed by atoms with E-state index in [2.05, 4.69) is 41.4 Å². The van der Waals surface area contributed by atoms with Crippen molar-refractivity contribution < 1.29 is 9.59 Å². The predicted octanol–water partition coefficient (Wildman–Crippen LogP) is 3.02. The molecule has 1 spiro atoms. The van der Waals surface area contributed by atoms with Crippen LogP contribution in [0, 0.1) is 5.92 Å². The highest BCUT2D eigenvalue weighted by Crippen LogP contribution is 2.43. The topological polar surface area (TPSA) is 53.5 Å². The first-order valence-corrected chi connectivity index (χ1v) is 10.4. The lowest BCUT2D eigenvalue weighted by molar-refractivity contribution is -0.137. The van der Waals surface area contributed by atoms with Crippen LogP contribution in [0.3, 0.4) is 0 Å². The monoisotopic (exact) mass is 387 g/mol. The number of hydrogen-bond donors (Lipinski definition) is 0. The SMILES string of the molecule is O=C1C[C@H](C(=O)N2CCC3(C=Cc4ccccc43)CC2)CN1Cc1ccccn1. The zero-order chi connectivity index (χ0) is 19.8. The van der Waals surface area contributed by atoms with Crippen LogP contribution < -0.4 is 0 Å². The van der Waals surface area contributed by atoms with Crippen LogP contribution in [0.4, 0.5) is 0 Å². The molecule has 2 amide bonds. The normalized spacial score (nSPS) is 22.3. The number of aromatic nitrogens is 1. The van der Waals surface area contributed by atoms with E-state index < -0.39 is 0 Å². The van der Waals surface area contributed by atoms with Crippen molar-refractivity contribution in [1.82, 2.24) is 14.8 Å². The second-order valence-corrected chi connectivity index (χ2v) is 8.40. The van der Waals surface area contributed by atoms with E-state index in [9.17, 15) is 9.59 Å². The first kappa shape index (κ1) is 18.1. The third-order valence-corrected chi connectivity index (χ3v) is 6.69. The van der Waals surface area contributed by atoms with Crippen LogP contribution in [0.2, 0.25) is 0 Å². The molecule has 0 radical (unpaired) electrons. The average Bonchev–Trinajstić information content (AvgIpc) is 3.30. The molecular weight excluding hydrogens is 362 g/mol. The van der Waals surface area contributed by atoms with Crippen LogP contribution >= 0.6 is 0 Å². The van der Waals surface area contributed by atoms with Crippen molar-refractivity contribution in [2.45, 2.75) is 31.2 Å². The average molecular weight is 387 g/mol. The number of pyridine rings is 1. The Morgan fingerprint density at radius 3 is 2.69 bits per heavy atom. The Morgan fingerprint density at radius 1 is 1.10 bits per heavy atom. The summed E-state index contributed by atoms with van der Waals surface area (Å²) in [6, 6.07) is 14.3. The number of benzene rings is 1. The maximum atomic E-state index is 13.1. The zero-order valence-corrected chi connectivity index (χ0v) is 16.5. The molecule has 2 aromatic rings. The lowest BCUT2D eigenvalue weighted by Gasteiger charge is -2.40. The number of amides is 2. The van der Waals surface area contributed by atoms with Gasteiger partial charge in [0.15, 0.2) is 0 Å². The van der Waals surface area contributed by atoms with Crippen molar-refractivity contribution in [3.63, 3.8) is 0 Å². The van der Waals surface area contributed by atoms with Gasteiger partial charge in [-0.3, -0.25) is 14.6 Å². The first-order chi connectivity index (χ1) is 14.1. The van der Waals surface area contributed by atoms with Gasteiger partial charge in [-0.15, -0.1) is 0 Å². The predicted molar refractivity (Wildman–Crippen MR) is 111 cm³/mol. The van der Waals surface area contributed by atoms with Crippen molar-refractivity contribution in [3.05, 3.63) is 71.6 Å². The molecule has 148 valence electrons. The van der Waals surface area contributed by atoms with Crippen LogP contribution in [-0.2, 0) is 21.5 Å². The molecule has 0 N–H and O–H groups in total. The number of hydrogen-bond acceptors (Lipinski definition) is 3. The summed E-state index contributed by atoms with van der Waals surface area (Å²) in [6.07, 6.45) is 8.49. The number of nitrogens with zero attached hydrogens (tertiary/aromatic N) is 3. The van der Waals surface area contributed by atoms with Crippen molar-refractivity contribution in [2.75, 3.05) is 19.6 Å². The largest absolute Gasteiger partial charge is 0.342 e. The van der Waals surface area contributed by atoms with E-state index in [1.807, 2.05) is 23.1 Å². The molecule has 3 aliphatic rings. The van der Waals surface area contributed by atoms with Crippen molar-refractivity contribution >= 4 is 17.9 Å². The second kappa shape index (κ2) is 7.14. The lowest BCUT2D eigenvalue weighted by Crippen LogP contribution is -2.46. The van der Waals surface area contributed by atoms with E-state index in [0.29, 0.717) is 19.5 Å². The summed E-state index contributed by atoms with van der Waals surface area (Å²) in [5.41, 5.74) is 3.63. The first-order valence-electron chi connectivity index (χ1n) is 10.4. The second-order valence-electron chi connectivity index (χ2n) is 8.40. The fourth-order valence-electron chi connectivity index (χ4n) is 5.03. The summed E-state index contributed by atoms with van der Waals surface area (Å²) < 4.78 is 0. The third-order valence-electron chi connectivity index (χ3n) is 6.69. The molecule has 1 aromatic heterocycles. The van der Waals surface area contributed by atoms with Crippen molar-refractivity contribution in [3.8, 4) is 0 Å². The van der Waals surface area contributed by atoms with E-state index in [1.54, 1.807) is 11.1 Å². The van der Waals surface area contributed by atoms with E-state index in [1.165, 1.54) is 11.1 Å². The Morgan fingerprint density at radius 2 is 1.90 bits per heavy atom. The fraction of sp³-hybridized carbons (Fsp3) is 0.375. The van der Waals surface area contributed by atoms with Gasteiger partial charge in [0, 0.05) is 37.7 Å². The molecule has 1 atom stereocenters. The molecule has 1 aliphatic carbocycles. The highest BCUT2D eigenvalue weighted by molar-refractivity contribution is 5.89. The van der Waals surface area contributed by atoms with E-state index in [-0.39, 0.29) is 23.1 Å². The summed E-state index contributed by atoms with van der Waals surface area (Å²) in [5, 5.41) is 0. The van der Waals surface area contributed by atoms with Gasteiger partial charge < -0.3 is 9.80 Å². The maximum absolute atomic E-state index is 13.1. The summed E-state index contributed by atoms with van der Waals surface area (Å²) >= 11 is 0. The van der Waals surface area contributed by atoms with Crippen LogP contribution in [0.15, 0.2) is 54.7 Å². The molecule has 0 saturated carbocycles. The van der Waals surface area contributed by atoms with Gasteiger partial charge in [-0.25, -0.2) is 0 Å². The minimum atomic E-state index is -0.230. The van der Waals surface area contributed by atoms with Gasteiger partial charge in [0.25, 0.3) is 0 Å². The Kier molecular flexibility index (Phi) is 4.46. The molecule has 1 aromatic carbocycles. The zero-order valence-electron chi connectivity index (χ0n) is 16.5. The summed E-state index contributed by atoms with van der Waals surface area (Å²) in [4.78, 5) is 33.6. The minimum absolute atomic E-state index is 0.0511. The maximum Gasteiger partial charge on any atom is 0.227 e. The smallest absolute Gasteiger partial charge is 0.227 e. The van der Waals surface area contributed by atoms with Gasteiger partial charge in [0.1, 0.15) is 0 Å². The van der Waals surface area contributed by atoms with E-state index in [4.69, 9.17) is 0 Å². The van der Waals surface area contributed by atoms with Gasteiger partial charge in [-0.2, -0.15) is 0 Å². The molecule has 5 rings (SSSR count). The molecule has 2 saturated heterocycles. The molecule has 2 aliphatic heterocycles. The van der Waals surface area contributed by atoms with Crippen LogP contribution in [0.1, 0.15) is 36.1 Å². The third kappa shape index (κ3) is 3.24. The Labute approximate surface area is 171 Å². The number of allylic oxidation sites excluding steroid dienone is 1. The van der Waals surface area contributed by atoms with E-state index in [0.717, 1.165) is 31.6 Å². The van der Waals surface area contributed by atoms with Gasteiger partial charge in [0.2, 0.25) is 11.8 Å². The Hall–Kier alpha value is -2.95. The lowest BCUT2D eigenvalue weighted by atomic mass is 9.74. The molecular formula is C24H25N3O2. The van der Waals surface area contributed by atoms with Crippen LogP contribution in [0.25, 0.3) is 6.08 Å². The van der Waals surface area contributed by atoms with Crippen LogP contribution in [0.5, 0.6) is 0 Å². The number of piperidine rings is 1. The van der Waals surface area contributed by atoms with Gasteiger partial charge in [-0.05, 0) is 36.1 Å². The van der Waals surface area contributed by atoms with Gasteiger partial charge in [-0.1, -0.05) is 42.5 Å². The van der Waals surface area contributed by atoms with Gasteiger partial charge >= 0.3 is 0 Å². The number of carbonyl (C=O) groups excluding carboxylic acids is 2. The number of likely N-dealkylation sites (tertiary alicyclic amines) is 2. The number of rotatable bonds is 3. The number of fused-ring (bicyclic) bond motifs is 2. The van der Waals surface area contributed by atoms with Gasteiger partial charge in [0.05, 0.1) is 18.2 Å². The standard InChI is InChI=1S/C24H25N3O2/c28-22-15-19(16-27(22)17-20-6-3-4-12-25-20)23(29)26-13-10-24(11-14-26)9-8-18-5-1-2-7-21(18)24/h1-9,12,19H,10-11,13-17H2/t19-/m0/s1. The van der Waals surface area contributed by atoms with Crippen molar-refractivity contribution in [2.24, 2.45) is 5.92 Å². The summed E-state index contributed by atoms with van der Waals surface area (Å²) in [6.45, 7) is 2.48. The van der Waals surface area contributed by atoms with E-state index >= 15 is 0 Å². The fourth-order valence-corrected chi connectivity index (χ4v) is 5.03. The Balaban J connectivity index is 1.22. The molecule has 0 unspecified atom stereocenters. The van der Waals surface area contributed by atoms with Crippen molar-refractivity contribution in [1.29, 1.82) is 0 Å². The molecule has 29 heavy (non-hydrogen) atoms. The molecule has 5 heteroatoms. The molecule has 0 bridgehead atoms. The highest BCUT2D eigenvalue weighted by atomic mass is 16.2. The Bertz CT molecular complexity index is 961. The highest BCUT2D eigenvalue weighted by Gasteiger charge is 2.42. The summed E-state index contributed by atoms with van der Waals surface area (Å²) in [7, 11) is 0. The molecule has 3 heterocycles.